The van der Waals surface area contributed by atoms with Gasteiger partial charge in [0.05, 0.1) is 5.92 Å². The Bertz CT molecular complexity index is 342. The lowest BCUT2D eigenvalue weighted by molar-refractivity contribution is -0.161. The number of carbonyl (C=O) groups excluding carboxylic acids is 1. The van der Waals surface area contributed by atoms with Gasteiger partial charge < -0.3 is 15.6 Å². The summed E-state index contributed by atoms with van der Waals surface area (Å²) in [5.41, 5.74) is 4.37. The largest absolute Gasteiger partial charge is 0.480 e. The van der Waals surface area contributed by atoms with Crippen molar-refractivity contribution in [3.8, 4) is 0 Å². The number of rotatable bonds is 4. The Balaban J connectivity index is 2.72. The SMILES string of the molecule is CC(Br)(Br)COC(=O)C1CCCCC1(N)C(=O)O. The minimum absolute atomic E-state index is 0.109. The van der Waals surface area contributed by atoms with E-state index in [1.165, 1.54) is 0 Å². The summed E-state index contributed by atoms with van der Waals surface area (Å²) in [4.78, 5) is 23.2. The second-order valence-electron chi connectivity index (χ2n) is 4.82. The van der Waals surface area contributed by atoms with Crippen molar-refractivity contribution >= 4 is 43.8 Å². The van der Waals surface area contributed by atoms with Gasteiger partial charge in [-0.2, -0.15) is 0 Å². The Kier molecular flexibility index (Phi) is 5.20. The molecule has 1 aliphatic carbocycles. The molecule has 0 saturated heterocycles. The molecule has 1 aliphatic rings. The van der Waals surface area contributed by atoms with Crippen molar-refractivity contribution in [3.05, 3.63) is 0 Å². The summed E-state index contributed by atoms with van der Waals surface area (Å²) >= 11 is 6.56. The highest BCUT2D eigenvalue weighted by atomic mass is 79.9. The molecule has 18 heavy (non-hydrogen) atoms. The van der Waals surface area contributed by atoms with E-state index in [1.807, 2.05) is 0 Å². The first-order valence-corrected chi connectivity index (χ1v) is 7.32. The Morgan fingerprint density at radius 1 is 1.50 bits per heavy atom. The number of halogens is 2. The zero-order chi connectivity index (χ0) is 14.0. The average Bonchev–Trinajstić information content (AvgIpc) is 2.25. The van der Waals surface area contributed by atoms with E-state index in [1.54, 1.807) is 6.92 Å². The van der Waals surface area contributed by atoms with E-state index in [0.717, 1.165) is 12.8 Å². The molecule has 1 saturated carbocycles. The molecule has 0 radical (unpaired) electrons. The number of carbonyl (C=O) groups is 2. The summed E-state index contributed by atoms with van der Waals surface area (Å²) in [6.07, 6.45) is 2.29. The third-order valence-corrected chi connectivity index (χ3v) is 3.56. The first kappa shape index (κ1) is 15.9. The Labute approximate surface area is 123 Å². The van der Waals surface area contributed by atoms with E-state index in [-0.39, 0.29) is 6.61 Å². The second-order valence-corrected chi connectivity index (χ2v) is 9.39. The van der Waals surface area contributed by atoms with Gasteiger partial charge in [-0.3, -0.25) is 9.59 Å². The molecule has 0 aromatic heterocycles. The lowest BCUT2D eigenvalue weighted by Crippen LogP contribution is -2.58. The van der Waals surface area contributed by atoms with Crippen LogP contribution in [0.1, 0.15) is 32.6 Å². The fraction of sp³-hybridized carbons (Fsp3) is 0.818. The molecule has 0 spiro atoms. The third kappa shape index (κ3) is 3.93. The molecule has 7 heteroatoms. The van der Waals surface area contributed by atoms with Crippen molar-refractivity contribution < 1.29 is 19.4 Å². The molecule has 0 heterocycles. The van der Waals surface area contributed by atoms with E-state index in [0.29, 0.717) is 12.8 Å². The quantitative estimate of drug-likeness (QED) is 0.569. The summed E-state index contributed by atoms with van der Waals surface area (Å²) in [6.45, 7) is 1.89. The van der Waals surface area contributed by atoms with Crippen molar-refractivity contribution in [2.75, 3.05) is 6.61 Å². The molecule has 2 unspecified atom stereocenters. The van der Waals surface area contributed by atoms with Crippen molar-refractivity contribution in [2.24, 2.45) is 11.7 Å². The lowest BCUT2D eigenvalue weighted by Gasteiger charge is -2.36. The van der Waals surface area contributed by atoms with Crippen molar-refractivity contribution in [1.29, 1.82) is 0 Å². The zero-order valence-corrected chi connectivity index (χ0v) is 13.3. The van der Waals surface area contributed by atoms with Gasteiger partial charge in [0.1, 0.15) is 15.4 Å². The highest BCUT2D eigenvalue weighted by Crippen LogP contribution is 2.34. The predicted molar refractivity (Wildman–Crippen MR) is 73.7 cm³/mol. The van der Waals surface area contributed by atoms with Gasteiger partial charge in [0.25, 0.3) is 0 Å². The second kappa shape index (κ2) is 5.88. The van der Waals surface area contributed by atoms with Crippen LogP contribution in [0.15, 0.2) is 0 Å². The van der Waals surface area contributed by atoms with Crippen LogP contribution >= 0.6 is 31.9 Å². The van der Waals surface area contributed by atoms with Crippen LogP contribution in [0.25, 0.3) is 0 Å². The monoisotopic (exact) mass is 385 g/mol. The minimum Gasteiger partial charge on any atom is -0.480 e. The van der Waals surface area contributed by atoms with E-state index < -0.39 is 26.6 Å². The smallest absolute Gasteiger partial charge is 0.324 e. The van der Waals surface area contributed by atoms with Crippen molar-refractivity contribution in [1.82, 2.24) is 0 Å². The van der Waals surface area contributed by atoms with Gasteiger partial charge in [0.15, 0.2) is 0 Å². The van der Waals surface area contributed by atoms with Crippen LogP contribution in [0.2, 0.25) is 0 Å². The van der Waals surface area contributed by atoms with Crippen LogP contribution in [-0.4, -0.2) is 32.4 Å². The molecular formula is C11H17Br2NO4. The van der Waals surface area contributed by atoms with E-state index in [9.17, 15) is 14.7 Å². The molecular weight excluding hydrogens is 370 g/mol. The molecule has 5 nitrogen and oxygen atoms in total. The fourth-order valence-corrected chi connectivity index (χ4v) is 2.31. The summed E-state index contributed by atoms with van der Waals surface area (Å²) in [5, 5.41) is 9.19. The number of aliphatic carboxylic acids is 1. The topological polar surface area (TPSA) is 89.6 Å². The highest BCUT2D eigenvalue weighted by molar-refractivity contribution is 9.25. The Morgan fingerprint density at radius 3 is 2.61 bits per heavy atom. The number of nitrogens with two attached hydrogens (primary N) is 1. The Hall–Kier alpha value is -0.140. The number of carboxylic acids is 1. The van der Waals surface area contributed by atoms with Gasteiger partial charge in [-0.25, -0.2) is 0 Å². The first-order chi connectivity index (χ1) is 8.17. The number of alkyl halides is 2. The molecule has 0 aromatic carbocycles. The predicted octanol–water partition coefficient (Wildman–Crippen LogP) is 2.01. The number of ether oxygens (including phenoxy) is 1. The molecule has 104 valence electrons. The zero-order valence-electron chi connectivity index (χ0n) is 10.1. The Morgan fingerprint density at radius 2 is 2.11 bits per heavy atom. The van der Waals surface area contributed by atoms with Gasteiger partial charge in [-0.1, -0.05) is 44.7 Å². The van der Waals surface area contributed by atoms with Gasteiger partial charge in [-0.05, 0) is 19.8 Å². The molecule has 1 rings (SSSR count). The third-order valence-electron chi connectivity index (χ3n) is 3.11. The number of hydrogen-bond donors (Lipinski definition) is 2. The summed E-state index contributed by atoms with van der Waals surface area (Å²) in [6, 6.07) is 0. The average molecular weight is 387 g/mol. The van der Waals surface area contributed by atoms with Crippen LogP contribution in [-0.2, 0) is 14.3 Å². The van der Waals surface area contributed by atoms with Crippen LogP contribution in [0.4, 0.5) is 0 Å². The van der Waals surface area contributed by atoms with E-state index in [2.05, 4.69) is 31.9 Å². The minimum atomic E-state index is -1.50. The number of carboxylic acid groups (broad SMARTS) is 1. The molecule has 0 aromatic rings. The summed E-state index contributed by atoms with van der Waals surface area (Å²) in [5.74, 6) is -2.44. The summed E-state index contributed by atoms with van der Waals surface area (Å²) < 4.78 is 4.61. The van der Waals surface area contributed by atoms with Gasteiger partial charge >= 0.3 is 11.9 Å². The van der Waals surface area contributed by atoms with Crippen LogP contribution in [0, 0.1) is 5.92 Å². The molecule has 1 fully saturated rings. The maximum Gasteiger partial charge on any atom is 0.324 e. The molecule has 0 amide bonds. The number of esters is 1. The number of hydrogen-bond acceptors (Lipinski definition) is 4. The maximum atomic E-state index is 12.0. The first-order valence-electron chi connectivity index (χ1n) is 5.73. The van der Waals surface area contributed by atoms with Gasteiger partial charge in [-0.15, -0.1) is 0 Å². The van der Waals surface area contributed by atoms with Crippen molar-refractivity contribution in [3.63, 3.8) is 0 Å². The maximum absolute atomic E-state index is 12.0. The van der Waals surface area contributed by atoms with Crippen LogP contribution in [0.3, 0.4) is 0 Å². The van der Waals surface area contributed by atoms with Crippen LogP contribution < -0.4 is 5.73 Å². The molecule has 2 atom stereocenters. The van der Waals surface area contributed by atoms with E-state index in [4.69, 9.17) is 10.5 Å². The standard InChI is InChI=1S/C11H17Br2NO4/c1-10(12,13)6-18-8(15)7-4-2-3-5-11(7,14)9(16)17/h7H,2-6,14H2,1H3,(H,16,17). The molecule has 0 aliphatic heterocycles. The fourth-order valence-electron chi connectivity index (χ4n) is 2.08. The van der Waals surface area contributed by atoms with Crippen LogP contribution in [0.5, 0.6) is 0 Å². The summed E-state index contributed by atoms with van der Waals surface area (Å²) in [7, 11) is 0. The molecule has 0 bridgehead atoms. The molecule has 3 N–H and O–H groups in total. The van der Waals surface area contributed by atoms with Gasteiger partial charge in [0, 0.05) is 0 Å². The van der Waals surface area contributed by atoms with Gasteiger partial charge in [0.2, 0.25) is 0 Å². The lowest BCUT2D eigenvalue weighted by atomic mass is 9.73. The van der Waals surface area contributed by atoms with E-state index >= 15 is 0 Å². The highest BCUT2D eigenvalue weighted by Gasteiger charge is 2.48. The van der Waals surface area contributed by atoms with Crippen molar-refractivity contribution in [2.45, 2.75) is 41.4 Å². The normalized spacial score (nSPS) is 28.8.